The lowest BCUT2D eigenvalue weighted by molar-refractivity contribution is -0.128. The lowest BCUT2D eigenvalue weighted by Crippen LogP contribution is -2.34. The first-order valence-corrected chi connectivity index (χ1v) is 8.62. The monoisotopic (exact) mass is 334 g/mol. The minimum Gasteiger partial charge on any atom is -0.381 e. The van der Waals surface area contributed by atoms with Gasteiger partial charge >= 0.3 is 0 Å². The normalized spacial score (nSPS) is 21.8. The van der Waals surface area contributed by atoms with E-state index in [-0.39, 0.29) is 5.91 Å². The van der Waals surface area contributed by atoms with Gasteiger partial charge in [-0.05, 0) is 12.8 Å². The average Bonchev–Trinajstić information content (AvgIpc) is 2.99. The van der Waals surface area contributed by atoms with Crippen molar-refractivity contribution in [3.05, 3.63) is 17.6 Å². The van der Waals surface area contributed by atoms with Gasteiger partial charge in [-0.1, -0.05) is 0 Å². The maximum absolute atomic E-state index is 11.6. The Hall–Kier alpha value is -1.73. The molecule has 0 spiro atoms. The van der Waals surface area contributed by atoms with E-state index in [2.05, 4.69) is 20.9 Å². The Balaban J connectivity index is 1.81. The third-order valence-corrected chi connectivity index (χ3v) is 4.67. The molecular formula is C17H26N4O3. The van der Waals surface area contributed by atoms with E-state index in [4.69, 9.17) is 9.47 Å². The third-order valence-electron chi connectivity index (χ3n) is 4.67. The number of nitrogens with zero attached hydrogens (tertiary/aromatic N) is 4. The van der Waals surface area contributed by atoms with Crippen molar-refractivity contribution < 1.29 is 14.3 Å². The molecule has 3 heterocycles. The smallest absolute Gasteiger partial charge is 0.219 e. The van der Waals surface area contributed by atoms with E-state index in [0.29, 0.717) is 18.3 Å². The molecule has 0 N–H and O–H groups in total. The molecule has 132 valence electrons. The molecule has 1 atom stereocenters. The zero-order valence-corrected chi connectivity index (χ0v) is 14.5. The van der Waals surface area contributed by atoms with Crippen LogP contribution < -0.4 is 4.90 Å². The highest BCUT2D eigenvalue weighted by atomic mass is 16.5. The van der Waals surface area contributed by atoms with Crippen LogP contribution in [0.4, 0.5) is 5.82 Å². The highest BCUT2D eigenvalue weighted by Gasteiger charge is 2.23. The SMILES string of the molecule is COCc1nc(C2CCOC2)cc(N2CCCN(C(C)=O)CC2)n1. The highest BCUT2D eigenvalue weighted by molar-refractivity contribution is 5.73. The molecule has 7 nitrogen and oxygen atoms in total. The molecule has 3 rings (SSSR count). The molecule has 2 fully saturated rings. The van der Waals surface area contributed by atoms with Gasteiger partial charge in [0.2, 0.25) is 5.91 Å². The first-order valence-electron chi connectivity index (χ1n) is 8.62. The summed E-state index contributed by atoms with van der Waals surface area (Å²) in [6, 6.07) is 2.09. The second-order valence-electron chi connectivity index (χ2n) is 6.41. The van der Waals surface area contributed by atoms with Gasteiger partial charge in [-0.2, -0.15) is 0 Å². The fourth-order valence-corrected chi connectivity index (χ4v) is 3.30. The summed E-state index contributed by atoms with van der Waals surface area (Å²) in [7, 11) is 1.66. The van der Waals surface area contributed by atoms with Crippen LogP contribution in [0.5, 0.6) is 0 Å². The predicted octanol–water partition coefficient (Wildman–Crippen LogP) is 1.19. The van der Waals surface area contributed by atoms with E-state index >= 15 is 0 Å². The van der Waals surface area contributed by atoms with Crippen LogP contribution in [0.2, 0.25) is 0 Å². The van der Waals surface area contributed by atoms with E-state index in [1.165, 1.54) is 0 Å². The quantitative estimate of drug-likeness (QED) is 0.824. The van der Waals surface area contributed by atoms with Gasteiger partial charge in [0.05, 0.1) is 12.3 Å². The van der Waals surface area contributed by atoms with Crippen LogP contribution in [0, 0.1) is 0 Å². The van der Waals surface area contributed by atoms with Crippen LogP contribution in [0.25, 0.3) is 0 Å². The van der Waals surface area contributed by atoms with Crippen molar-refractivity contribution >= 4 is 11.7 Å². The number of rotatable bonds is 4. The van der Waals surface area contributed by atoms with Crippen molar-refractivity contribution in [2.45, 2.75) is 32.3 Å². The fourth-order valence-electron chi connectivity index (χ4n) is 3.30. The van der Waals surface area contributed by atoms with E-state index < -0.39 is 0 Å². The van der Waals surface area contributed by atoms with E-state index in [9.17, 15) is 4.79 Å². The summed E-state index contributed by atoms with van der Waals surface area (Å²) in [5.41, 5.74) is 1.04. The van der Waals surface area contributed by atoms with Crippen LogP contribution in [-0.2, 0) is 20.9 Å². The van der Waals surface area contributed by atoms with Gasteiger partial charge in [-0.25, -0.2) is 9.97 Å². The summed E-state index contributed by atoms with van der Waals surface area (Å²) >= 11 is 0. The van der Waals surface area contributed by atoms with Crippen LogP contribution in [0.3, 0.4) is 0 Å². The summed E-state index contributed by atoms with van der Waals surface area (Å²) in [6.07, 6.45) is 1.95. The second-order valence-corrected chi connectivity index (χ2v) is 6.41. The Labute approximate surface area is 143 Å². The van der Waals surface area contributed by atoms with Crippen molar-refractivity contribution in [2.24, 2.45) is 0 Å². The Morgan fingerprint density at radius 1 is 1.33 bits per heavy atom. The molecule has 24 heavy (non-hydrogen) atoms. The summed E-state index contributed by atoms with van der Waals surface area (Å²) in [6.45, 7) is 6.79. The number of anilines is 1. The standard InChI is InChI=1S/C17H26N4O3/c1-13(22)20-5-3-6-21(8-7-20)17-10-15(14-4-9-24-11-14)18-16(19-17)12-23-2/h10,14H,3-9,11-12H2,1-2H3. The molecule has 7 heteroatoms. The van der Waals surface area contributed by atoms with Crippen molar-refractivity contribution in [3.63, 3.8) is 0 Å². The largest absolute Gasteiger partial charge is 0.381 e. The van der Waals surface area contributed by atoms with Gasteiger partial charge in [0.15, 0.2) is 5.82 Å². The number of hydrogen-bond acceptors (Lipinski definition) is 6. The zero-order chi connectivity index (χ0) is 16.9. The van der Waals surface area contributed by atoms with E-state index in [1.807, 2.05) is 4.90 Å². The Bertz CT molecular complexity index is 575. The zero-order valence-electron chi connectivity index (χ0n) is 14.5. The molecule has 1 amide bonds. The average molecular weight is 334 g/mol. The van der Waals surface area contributed by atoms with Gasteiger partial charge in [0, 0.05) is 58.8 Å². The topological polar surface area (TPSA) is 67.8 Å². The molecule has 2 aliphatic heterocycles. The molecule has 0 bridgehead atoms. The number of carbonyl (C=O) groups excluding carboxylic acids is 1. The Kier molecular flexibility index (Phi) is 5.63. The van der Waals surface area contributed by atoms with Crippen LogP contribution in [0.15, 0.2) is 6.07 Å². The highest BCUT2D eigenvalue weighted by Crippen LogP contribution is 2.26. The second kappa shape index (κ2) is 7.90. The minimum atomic E-state index is 0.142. The number of carbonyl (C=O) groups is 1. The number of methoxy groups -OCH3 is 1. The number of aromatic nitrogens is 2. The van der Waals surface area contributed by atoms with Crippen molar-refractivity contribution in [2.75, 3.05) is 51.4 Å². The van der Waals surface area contributed by atoms with Gasteiger partial charge < -0.3 is 19.3 Å². The Morgan fingerprint density at radius 2 is 2.21 bits per heavy atom. The predicted molar refractivity (Wildman–Crippen MR) is 90.0 cm³/mol. The van der Waals surface area contributed by atoms with Gasteiger partial charge in [0.1, 0.15) is 12.4 Å². The molecule has 0 aliphatic carbocycles. The maximum Gasteiger partial charge on any atom is 0.219 e. The summed E-state index contributed by atoms with van der Waals surface area (Å²) in [5.74, 6) is 2.13. The maximum atomic E-state index is 11.6. The van der Waals surface area contributed by atoms with Gasteiger partial charge in [-0.3, -0.25) is 4.79 Å². The van der Waals surface area contributed by atoms with Crippen molar-refractivity contribution in [1.29, 1.82) is 0 Å². The number of hydrogen-bond donors (Lipinski definition) is 0. The molecule has 1 unspecified atom stereocenters. The van der Waals surface area contributed by atoms with Crippen LogP contribution >= 0.6 is 0 Å². The lowest BCUT2D eigenvalue weighted by Gasteiger charge is -2.23. The van der Waals surface area contributed by atoms with Gasteiger partial charge in [-0.15, -0.1) is 0 Å². The summed E-state index contributed by atoms with van der Waals surface area (Å²) in [4.78, 5) is 25.1. The van der Waals surface area contributed by atoms with E-state index in [1.54, 1.807) is 14.0 Å². The van der Waals surface area contributed by atoms with E-state index in [0.717, 1.165) is 63.7 Å². The summed E-state index contributed by atoms with van der Waals surface area (Å²) < 4.78 is 10.7. The molecule has 2 aliphatic rings. The molecule has 1 aromatic rings. The summed E-state index contributed by atoms with van der Waals surface area (Å²) in [5, 5.41) is 0. The van der Waals surface area contributed by atoms with Crippen LogP contribution in [-0.4, -0.2) is 67.3 Å². The first kappa shape index (κ1) is 17.1. The lowest BCUT2D eigenvalue weighted by atomic mass is 10.0. The molecule has 2 saturated heterocycles. The molecule has 0 radical (unpaired) electrons. The fraction of sp³-hybridized carbons (Fsp3) is 0.706. The molecule has 0 aromatic carbocycles. The number of amides is 1. The van der Waals surface area contributed by atoms with Crippen LogP contribution in [0.1, 0.15) is 37.2 Å². The molecule has 1 aromatic heterocycles. The van der Waals surface area contributed by atoms with Gasteiger partial charge in [0.25, 0.3) is 0 Å². The molecular weight excluding hydrogens is 308 g/mol. The van der Waals surface area contributed by atoms with Crippen molar-refractivity contribution in [1.82, 2.24) is 14.9 Å². The Morgan fingerprint density at radius 3 is 2.92 bits per heavy atom. The molecule has 0 saturated carbocycles. The number of ether oxygens (including phenoxy) is 2. The third kappa shape index (κ3) is 4.02. The minimum absolute atomic E-state index is 0.142. The van der Waals surface area contributed by atoms with Crippen molar-refractivity contribution in [3.8, 4) is 0 Å². The first-order chi connectivity index (χ1) is 11.7.